The summed E-state index contributed by atoms with van der Waals surface area (Å²) in [6.45, 7) is 0.363. The zero-order valence-corrected chi connectivity index (χ0v) is 11.8. The van der Waals surface area contributed by atoms with E-state index in [1.54, 1.807) is 36.4 Å². The van der Waals surface area contributed by atoms with Crippen molar-refractivity contribution in [3.05, 3.63) is 54.1 Å². The zero-order valence-electron chi connectivity index (χ0n) is 11.0. The van der Waals surface area contributed by atoms with Gasteiger partial charge >= 0.3 is 6.03 Å². The summed E-state index contributed by atoms with van der Waals surface area (Å²) in [5.74, 6) is 0. The standard InChI is InChI=1S/C14H13N3O3S/c18-14-15-9-10-8-11(6-7-13(10)16-14)17-21(19,20)12-4-2-1-3-5-12/h1-8,17H,9H2,(H2,15,16,18). The first-order valence-corrected chi connectivity index (χ1v) is 7.78. The minimum Gasteiger partial charge on any atom is -0.334 e. The van der Waals surface area contributed by atoms with Gasteiger partial charge in [-0.15, -0.1) is 0 Å². The Labute approximate surface area is 122 Å². The van der Waals surface area contributed by atoms with E-state index in [0.717, 1.165) is 5.56 Å². The molecule has 0 spiro atoms. The number of amides is 2. The van der Waals surface area contributed by atoms with Crippen LogP contribution in [0.3, 0.4) is 0 Å². The summed E-state index contributed by atoms with van der Waals surface area (Å²) in [6, 6.07) is 12.9. The van der Waals surface area contributed by atoms with E-state index in [-0.39, 0.29) is 10.9 Å². The van der Waals surface area contributed by atoms with Crippen molar-refractivity contribution in [2.75, 3.05) is 10.0 Å². The van der Waals surface area contributed by atoms with Crippen molar-refractivity contribution in [2.24, 2.45) is 0 Å². The van der Waals surface area contributed by atoms with E-state index in [2.05, 4.69) is 15.4 Å². The van der Waals surface area contributed by atoms with Gasteiger partial charge in [-0.05, 0) is 35.9 Å². The van der Waals surface area contributed by atoms with Gasteiger partial charge in [-0.25, -0.2) is 13.2 Å². The minimum absolute atomic E-state index is 0.203. The molecule has 1 aliphatic heterocycles. The van der Waals surface area contributed by atoms with Crippen LogP contribution in [0.2, 0.25) is 0 Å². The number of hydrogen-bond acceptors (Lipinski definition) is 3. The first kappa shape index (κ1) is 13.4. The van der Waals surface area contributed by atoms with Gasteiger partial charge in [0.25, 0.3) is 10.0 Å². The summed E-state index contributed by atoms with van der Waals surface area (Å²) >= 11 is 0. The van der Waals surface area contributed by atoms with Crippen LogP contribution >= 0.6 is 0 Å². The first-order valence-electron chi connectivity index (χ1n) is 6.30. The van der Waals surface area contributed by atoms with E-state index >= 15 is 0 Å². The third kappa shape index (κ3) is 2.82. The maximum absolute atomic E-state index is 12.2. The van der Waals surface area contributed by atoms with E-state index in [4.69, 9.17) is 0 Å². The van der Waals surface area contributed by atoms with Crippen molar-refractivity contribution in [1.29, 1.82) is 0 Å². The van der Waals surface area contributed by atoms with Gasteiger partial charge in [0.05, 0.1) is 4.90 Å². The zero-order chi connectivity index (χ0) is 14.9. The molecule has 7 heteroatoms. The number of fused-ring (bicyclic) bond motifs is 1. The highest BCUT2D eigenvalue weighted by Crippen LogP contribution is 2.24. The molecule has 3 N–H and O–H groups in total. The van der Waals surface area contributed by atoms with Gasteiger partial charge in [0.1, 0.15) is 0 Å². The summed E-state index contributed by atoms with van der Waals surface area (Å²) in [6.07, 6.45) is 0. The largest absolute Gasteiger partial charge is 0.334 e. The van der Waals surface area contributed by atoms with Crippen LogP contribution < -0.4 is 15.4 Å². The molecular weight excluding hydrogens is 290 g/mol. The fourth-order valence-corrected chi connectivity index (χ4v) is 3.15. The predicted octanol–water partition coefficient (Wildman–Crippen LogP) is 2.12. The molecule has 1 aliphatic rings. The average Bonchev–Trinajstić information content (AvgIpc) is 2.48. The van der Waals surface area contributed by atoms with Gasteiger partial charge in [-0.3, -0.25) is 4.72 Å². The maximum atomic E-state index is 12.2. The lowest BCUT2D eigenvalue weighted by molar-refractivity contribution is 0.251. The molecule has 0 fully saturated rings. The molecule has 6 nitrogen and oxygen atoms in total. The highest BCUT2D eigenvalue weighted by atomic mass is 32.2. The second kappa shape index (κ2) is 5.10. The Morgan fingerprint density at radius 3 is 2.57 bits per heavy atom. The van der Waals surface area contributed by atoms with Gasteiger partial charge < -0.3 is 10.6 Å². The van der Waals surface area contributed by atoms with Crippen molar-refractivity contribution in [3.8, 4) is 0 Å². The number of urea groups is 1. The quantitative estimate of drug-likeness (QED) is 0.811. The average molecular weight is 303 g/mol. The number of benzene rings is 2. The molecule has 3 rings (SSSR count). The summed E-state index contributed by atoms with van der Waals surface area (Å²) in [4.78, 5) is 11.4. The lowest BCUT2D eigenvalue weighted by atomic mass is 10.1. The van der Waals surface area contributed by atoms with Crippen LogP contribution in [0.15, 0.2) is 53.4 Å². The van der Waals surface area contributed by atoms with Crippen LogP contribution in [-0.2, 0) is 16.6 Å². The number of anilines is 2. The van der Waals surface area contributed by atoms with Crippen molar-refractivity contribution in [2.45, 2.75) is 11.4 Å². The lowest BCUT2D eigenvalue weighted by Gasteiger charge is -2.19. The third-order valence-electron chi connectivity index (χ3n) is 3.10. The number of hydrogen-bond donors (Lipinski definition) is 3. The van der Waals surface area contributed by atoms with Crippen LogP contribution in [0, 0.1) is 0 Å². The monoisotopic (exact) mass is 303 g/mol. The van der Waals surface area contributed by atoms with E-state index in [9.17, 15) is 13.2 Å². The van der Waals surface area contributed by atoms with E-state index in [0.29, 0.717) is 17.9 Å². The first-order chi connectivity index (χ1) is 10.0. The van der Waals surface area contributed by atoms with Crippen molar-refractivity contribution in [3.63, 3.8) is 0 Å². The Hall–Kier alpha value is -2.54. The molecule has 0 aliphatic carbocycles. The molecule has 2 amide bonds. The maximum Gasteiger partial charge on any atom is 0.319 e. The smallest absolute Gasteiger partial charge is 0.319 e. The van der Waals surface area contributed by atoms with E-state index in [1.807, 2.05) is 0 Å². The van der Waals surface area contributed by atoms with Gasteiger partial charge in [0, 0.05) is 17.9 Å². The minimum atomic E-state index is -3.61. The second-order valence-electron chi connectivity index (χ2n) is 4.60. The van der Waals surface area contributed by atoms with Gasteiger partial charge in [0.2, 0.25) is 0 Å². The molecule has 0 unspecified atom stereocenters. The molecule has 21 heavy (non-hydrogen) atoms. The van der Waals surface area contributed by atoms with Crippen LogP contribution in [0.25, 0.3) is 0 Å². The normalized spacial score (nSPS) is 13.8. The summed E-state index contributed by atoms with van der Waals surface area (Å²) < 4.78 is 27.0. The Balaban J connectivity index is 1.88. The molecule has 1 heterocycles. The number of rotatable bonds is 3. The molecule has 0 bridgehead atoms. The number of carbonyl (C=O) groups excluding carboxylic acids is 1. The van der Waals surface area contributed by atoms with Crippen LogP contribution in [0.4, 0.5) is 16.2 Å². The van der Waals surface area contributed by atoms with Crippen LogP contribution in [-0.4, -0.2) is 14.4 Å². The van der Waals surface area contributed by atoms with Gasteiger partial charge in [-0.1, -0.05) is 18.2 Å². The molecule has 2 aromatic rings. The predicted molar refractivity (Wildman–Crippen MR) is 79.6 cm³/mol. The van der Waals surface area contributed by atoms with Gasteiger partial charge in [0.15, 0.2) is 0 Å². The number of nitrogens with one attached hydrogen (secondary N) is 3. The van der Waals surface area contributed by atoms with Crippen LogP contribution in [0.1, 0.15) is 5.56 Å². The molecule has 108 valence electrons. The lowest BCUT2D eigenvalue weighted by Crippen LogP contribution is -2.33. The molecule has 0 atom stereocenters. The topological polar surface area (TPSA) is 87.3 Å². The Bertz CT molecular complexity index is 788. The van der Waals surface area contributed by atoms with Crippen molar-refractivity contribution in [1.82, 2.24) is 5.32 Å². The van der Waals surface area contributed by atoms with E-state index in [1.165, 1.54) is 12.1 Å². The van der Waals surface area contributed by atoms with Crippen molar-refractivity contribution < 1.29 is 13.2 Å². The Morgan fingerprint density at radius 2 is 1.81 bits per heavy atom. The van der Waals surface area contributed by atoms with Crippen molar-refractivity contribution >= 4 is 27.4 Å². The summed E-state index contributed by atoms with van der Waals surface area (Å²) in [5, 5.41) is 5.29. The third-order valence-corrected chi connectivity index (χ3v) is 4.50. The summed E-state index contributed by atoms with van der Waals surface area (Å²) in [5.41, 5.74) is 1.96. The summed E-state index contributed by atoms with van der Waals surface area (Å²) in [7, 11) is -3.61. The molecule has 0 aromatic heterocycles. The molecule has 0 saturated heterocycles. The number of carbonyl (C=O) groups is 1. The number of sulfonamides is 1. The molecule has 0 radical (unpaired) electrons. The Kier molecular flexibility index (Phi) is 3.26. The fraction of sp³-hybridized carbons (Fsp3) is 0.0714. The molecule has 0 saturated carbocycles. The second-order valence-corrected chi connectivity index (χ2v) is 6.28. The molecule has 2 aromatic carbocycles. The molecular formula is C14H13N3O3S. The highest BCUT2D eigenvalue weighted by Gasteiger charge is 2.17. The highest BCUT2D eigenvalue weighted by molar-refractivity contribution is 7.92. The van der Waals surface area contributed by atoms with Crippen LogP contribution in [0.5, 0.6) is 0 Å². The fourth-order valence-electron chi connectivity index (χ4n) is 2.08. The Morgan fingerprint density at radius 1 is 1.05 bits per heavy atom. The SMILES string of the molecule is O=C1NCc2cc(NS(=O)(=O)c3ccccc3)ccc2N1. The van der Waals surface area contributed by atoms with E-state index < -0.39 is 10.0 Å². The van der Waals surface area contributed by atoms with Gasteiger partial charge in [-0.2, -0.15) is 0 Å².